The molecular weight excluding hydrogens is 272 g/mol. The molecule has 1 amide bonds. The lowest BCUT2D eigenvalue weighted by atomic mass is 10.1. The minimum atomic E-state index is -0.607. The number of nitrogens with one attached hydrogen (secondary N) is 1. The standard InChI is InChI=1S/C12H13ClN2O4/c13-11-9(2-1-3-10(11)15(17)18)12(16)14-6-8-4-5-19-7-8/h1-3,8H,4-7H2,(H,14,16). The molecule has 0 saturated carbocycles. The van der Waals surface area contributed by atoms with Crippen molar-refractivity contribution >= 4 is 23.2 Å². The zero-order valence-electron chi connectivity index (χ0n) is 10.1. The topological polar surface area (TPSA) is 81.5 Å². The van der Waals surface area contributed by atoms with Crippen LogP contribution in [0.5, 0.6) is 0 Å². The minimum Gasteiger partial charge on any atom is -0.381 e. The molecule has 1 saturated heterocycles. The number of carbonyl (C=O) groups is 1. The van der Waals surface area contributed by atoms with Crippen LogP contribution in [0.2, 0.25) is 5.02 Å². The quantitative estimate of drug-likeness (QED) is 0.677. The van der Waals surface area contributed by atoms with Gasteiger partial charge in [0.1, 0.15) is 5.02 Å². The van der Waals surface area contributed by atoms with Gasteiger partial charge in [-0.1, -0.05) is 17.7 Å². The molecule has 1 fully saturated rings. The van der Waals surface area contributed by atoms with Crippen LogP contribution in [0.1, 0.15) is 16.8 Å². The lowest BCUT2D eigenvalue weighted by Gasteiger charge is -2.10. The van der Waals surface area contributed by atoms with Crippen LogP contribution in [0.3, 0.4) is 0 Å². The van der Waals surface area contributed by atoms with Gasteiger partial charge in [-0.3, -0.25) is 14.9 Å². The lowest BCUT2D eigenvalue weighted by Crippen LogP contribution is -2.29. The van der Waals surface area contributed by atoms with Crippen molar-refractivity contribution in [3.05, 3.63) is 38.9 Å². The molecule has 0 aliphatic carbocycles. The van der Waals surface area contributed by atoms with E-state index >= 15 is 0 Å². The van der Waals surface area contributed by atoms with Crippen LogP contribution in [0.15, 0.2) is 18.2 Å². The van der Waals surface area contributed by atoms with Gasteiger partial charge in [0.15, 0.2) is 0 Å². The Morgan fingerprint density at radius 1 is 1.58 bits per heavy atom. The number of hydrogen-bond acceptors (Lipinski definition) is 4. The second-order valence-electron chi connectivity index (χ2n) is 4.34. The first-order valence-electron chi connectivity index (χ1n) is 5.88. The van der Waals surface area contributed by atoms with E-state index in [1.54, 1.807) is 0 Å². The lowest BCUT2D eigenvalue weighted by molar-refractivity contribution is -0.384. The summed E-state index contributed by atoms with van der Waals surface area (Å²) in [6.45, 7) is 1.82. The molecule has 1 aliphatic rings. The first-order valence-corrected chi connectivity index (χ1v) is 6.26. The fourth-order valence-corrected chi connectivity index (χ4v) is 2.19. The predicted molar refractivity (Wildman–Crippen MR) is 69.4 cm³/mol. The number of amides is 1. The second-order valence-corrected chi connectivity index (χ2v) is 4.71. The highest BCUT2D eigenvalue weighted by Gasteiger charge is 2.21. The van der Waals surface area contributed by atoms with E-state index in [0.29, 0.717) is 25.7 Å². The van der Waals surface area contributed by atoms with Crippen molar-refractivity contribution in [2.75, 3.05) is 19.8 Å². The van der Waals surface area contributed by atoms with Crippen molar-refractivity contribution in [3.8, 4) is 0 Å². The highest BCUT2D eigenvalue weighted by Crippen LogP contribution is 2.27. The summed E-state index contributed by atoms with van der Waals surface area (Å²) in [5.41, 5.74) is -0.145. The van der Waals surface area contributed by atoms with Crippen LogP contribution in [0.4, 0.5) is 5.69 Å². The third-order valence-corrected chi connectivity index (χ3v) is 3.39. The maximum atomic E-state index is 11.9. The fourth-order valence-electron chi connectivity index (χ4n) is 1.91. The zero-order valence-corrected chi connectivity index (χ0v) is 10.9. The van der Waals surface area contributed by atoms with Gasteiger partial charge in [0.2, 0.25) is 0 Å². The summed E-state index contributed by atoms with van der Waals surface area (Å²) in [6.07, 6.45) is 0.906. The molecule has 0 aromatic heterocycles. The molecular formula is C12H13ClN2O4. The van der Waals surface area contributed by atoms with E-state index < -0.39 is 10.8 Å². The van der Waals surface area contributed by atoms with Crippen LogP contribution in [0, 0.1) is 16.0 Å². The Balaban J connectivity index is 2.06. The Kier molecular flexibility index (Phi) is 4.34. The average Bonchev–Trinajstić information content (AvgIpc) is 2.89. The summed E-state index contributed by atoms with van der Waals surface area (Å²) in [6, 6.07) is 4.18. The molecule has 1 atom stereocenters. The van der Waals surface area contributed by atoms with Crippen molar-refractivity contribution in [2.45, 2.75) is 6.42 Å². The van der Waals surface area contributed by atoms with Crippen LogP contribution in [-0.2, 0) is 4.74 Å². The van der Waals surface area contributed by atoms with Gasteiger partial charge in [-0.25, -0.2) is 0 Å². The van der Waals surface area contributed by atoms with E-state index in [1.165, 1.54) is 18.2 Å². The Hall–Kier alpha value is -1.66. The van der Waals surface area contributed by atoms with E-state index in [-0.39, 0.29) is 16.3 Å². The number of halogens is 1. The Labute approximate surface area is 114 Å². The summed E-state index contributed by atoms with van der Waals surface area (Å²) >= 11 is 5.87. The molecule has 0 radical (unpaired) electrons. The van der Waals surface area contributed by atoms with Crippen LogP contribution >= 0.6 is 11.6 Å². The molecule has 1 aromatic carbocycles. The Morgan fingerprint density at radius 3 is 3.00 bits per heavy atom. The molecule has 1 aliphatic heterocycles. The van der Waals surface area contributed by atoms with Crippen molar-refractivity contribution in [1.29, 1.82) is 0 Å². The molecule has 1 unspecified atom stereocenters. The maximum absolute atomic E-state index is 11.9. The Morgan fingerprint density at radius 2 is 2.37 bits per heavy atom. The molecule has 1 N–H and O–H groups in total. The average molecular weight is 285 g/mol. The third kappa shape index (κ3) is 3.21. The first kappa shape index (κ1) is 13.8. The summed E-state index contributed by atoms with van der Waals surface area (Å²) in [4.78, 5) is 22.1. The van der Waals surface area contributed by atoms with Gasteiger partial charge in [-0.2, -0.15) is 0 Å². The highest BCUT2D eigenvalue weighted by atomic mass is 35.5. The van der Waals surface area contributed by atoms with Gasteiger partial charge in [-0.05, 0) is 12.5 Å². The molecule has 1 aromatic rings. The monoisotopic (exact) mass is 284 g/mol. The van der Waals surface area contributed by atoms with E-state index in [0.717, 1.165) is 6.42 Å². The van der Waals surface area contributed by atoms with Gasteiger partial charge in [0, 0.05) is 25.1 Å². The van der Waals surface area contributed by atoms with Crippen LogP contribution in [-0.4, -0.2) is 30.6 Å². The summed E-state index contributed by atoms with van der Waals surface area (Å²) in [5, 5.41) is 13.3. The van der Waals surface area contributed by atoms with E-state index in [2.05, 4.69) is 5.32 Å². The summed E-state index contributed by atoms with van der Waals surface area (Å²) in [5.74, 6) is -0.109. The first-order chi connectivity index (χ1) is 9.09. The van der Waals surface area contributed by atoms with E-state index in [1.807, 2.05) is 0 Å². The molecule has 6 nitrogen and oxygen atoms in total. The molecule has 0 bridgehead atoms. The molecule has 0 spiro atoms. The SMILES string of the molecule is O=C(NCC1CCOC1)c1cccc([N+](=O)[O-])c1Cl. The largest absolute Gasteiger partial charge is 0.381 e. The normalized spacial score (nSPS) is 18.3. The number of nitro groups is 1. The van der Waals surface area contributed by atoms with E-state index in [4.69, 9.17) is 16.3 Å². The van der Waals surface area contributed by atoms with Gasteiger partial charge in [-0.15, -0.1) is 0 Å². The number of nitrogens with zero attached hydrogens (tertiary/aromatic N) is 1. The van der Waals surface area contributed by atoms with Gasteiger partial charge in [0.05, 0.1) is 17.1 Å². The maximum Gasteiger partial charge on any atom is 0.288 e. The number of hydrogen-bond donors (Lipinski definition) is 1. The van der Waals surface area contributed by atoms with Crippen molar-refractivity contribution < 1.29 is 14.5 Å². The van der Waals surface area contributed by atoms with E-state index in [9.17, 15) is 14.9 Å². The molecule has 7 heteroatoms. The summed E-state index contributed by atoms with van der Waals surface area (Å²) in [7, 11) is 0. The number of nitro benzene ring substituents is 1. The van der Waals surface area contributed by atoms with Gasteiger partial charge in [0.25, 0.3) is 11.6 Å². The zero-order chi connectivity index (χ0) is 13.8. The summed E-state index contributed by atoms with van der Waals surface area (Å²) < 4.78 is 5.20. The third-order valence-electron chi connectivity index (χ3n) is 2.99. The van der Waals surface area contributed by atoms with Crippen molar-refractivity contribution in [1.82, 2.24) is 5.32 Å². The van der Waals surface area contributed by atoms with Crippen LogP contribution < -0.4 is 5.32 Å². The number of rotatable bonds is 4. The predicted octanol–water partition coefficient (Wildman–Crippen LogP) is 2.01. The molecule has 2 rings (SSSR count). The highest BCUT2D eigenvalue weighted by molar-refractivity contribution is 6.35. The minimum absolute atomic E-state index is 0.120. The molecule has 1 heterocycles. The van der Waals surface area contributed by atoms with Crippen molar-refractivity contribution in [2.24, 2.45) is 5.92 Å². The fraction of sp³-hybridized carbons (Fsp3) is 0.417. The number of ether oxygens (including phenoxy) is 1. The smallest absolute Gasteiger partial charge is 0.288 e. The van der Waals surface area contributed by atoms with Gasteiger partial charge >= 0.3 is 0 Å². The van der Waals surface area contributed by atoms with Gasteiger partial charge < -0.3 is 10.1 Å². The Bertz CT molecular complexity index is 501. The molecule has 102 valence electrons. The number of benzene rings is 1. The number of carbonyl (C=O) groups excluding carboxylic acids is 1. The molecule has 19 heavy (non-hydrogen) atoms. The van der Waals surface area contributed by atoms with Crippen molar-refractivity contribution in [3.63, 3.8) is 0 Å². The van der Waals surface area contributed by atoms with Crippen LogP contribution in [0.25, 0.3) is 0 Å². The second kappa shape index (κ2) is 5.99.